The van der Waals surface area contributed by atoms with Crippen LogP contribution in [-0.2, 0) is 9.53 Å². The molecule has 3 aromatic rings. The lowest BCUT2D eigenvalue weighted by Crippen LogP contribution is -2.29. The van der Waals surface area contributed by atoms with Gasteiger partial charge in [-0.2, -0.15) is 0 Å². The highest BCUT2D eigenvalue weighted by molar-refractivity contribution is 6.09. The fraction of sp³-hybridized carbons (Fsp3) is 0.111. The Morgan fingerprint density at radius 2 is 1.48 bits per heavy atom. The van der Waals surface area contributed by atoms with Gasteiger partial charge >= 0.3 is 5.97 Å². The lowest BCUT2D eigenvalue weighted by atomic mass is 9.81. The molecule has 0 N–H and O–H groups in total. The lowest BCUT2D eigenvalue weighted by Gasteiger charge is -2.34. The molecule has 5 rings (SSSR count). The van der Waals surface area contributed by atoms with E-state index in [1.807, 2.05) is 66.7 Å². The van der Waals surface area contributed by atoms with E-state index in [2.05, 4.69) is 0 Å². The third-order valence-corrected chi connectivity index (χ3v) is 5.76. The molecule has 0 bridgehead atoms. The van der Waals surface area contributed by atoms with E-state index in [1.54, 1.807) is 25.1 Å². The number of carbonyl (C=O) groups is 2. The number of allylic oxidation sites excluding steroid dienone is 2. The van der Waals surface area contributed by atoms with Gasteiger partial charge in [-0.25, -0.2) is 4.79 Å². The molecule has 2 heterocycles. The van der Waals surface area contributed by atoms with Gasteiger partial charge < -0.3 is 9.47 Å². The normalized spacial score (nSPS) is 19.0. The van der Waals surface area contributed by atoms with Gasteiger partial charge in [0, 0.05) is 34.6 Å². The third-order valence-electron chi connectivity index (χ3n) is 5.76. The molecular formula is C27H20O4. The summed E-state index contributed by atoms with van der Waals surface area (Å²) in [6.45, 7) is 1.78. The molecule has 0 spiro atoms. The van der Waals surface area contributed by atoms with Crippen molar-refractivity contribution in [2.75, 3.05) is 0 Å². The van der Waals surface area contributed by atoms with E-state index in [0.29, 0.717) is 40.4 Å². The van der Waals surface area contributed by atoms with Crippen LogP contribution in [0, 0.1) is 0 Å². The van der Waals surface area contributed by atoms with Gasteiger partial charge in [-0.05, 0) is 13.0 Å². The Balaban J connectivity index is 1.68. The van der Waals surface area contributed by atoms with Crippen molar-refractivity contribution in [2.45, 2.75) is 19.3 Å². The second-order valence-corrected chi connectivity index (χ2v) is 7.64. The summed E-state index contributed by atoms with van der Waals surface area (Å²) in [7, 11) is 0. The molecule has 1 atom stereocenters. The van der Waals surface area contributed by atoms with Gasteiger partial charge in [0.2, 0.25) is 0 Å². The monoisotopic (exact) mass is 408 g/mol. The highest BCUT2D eigenvalue weighted by Gasteiger charge is 2.40. The quantitative estimate of drug-likeness (QED) is 0.242. The molecule has 4 heteroatoms. The predicted octanol–water partition coefficient (Wildman–Crippen LogP) is 5.68. The molecule has 4 nitrogen and oxygen atoms in total. The van der Waals surface area contributed by atoms with Gasteiger partial charge in [0.05, 0.1) is 5.57 Å². The number of Topliss-reactive ketones (excluding diaryl/α,β-unsaturated/α-hetero) is 1. The highest BCUT2D eigenvalue weighted by Crippen LogP contribution is 2.48. The zero-order valence-electron chi connectivity index (χ0n) is 17.0. The number of rotatable bonds is 3. The minimum absolute atomic E-state index is 0.0851. The topological polar surface area (TPSA) is 52.6 Å². The lowest BCUT2D eigenvalue weighted by molar-refractivity contribution is -0.131. The van der Waals surface area contributed by atoms with Crippen molar-refractivity contribution in [3.05, 3.63) is 119 Å². The Hall–Kier alpha value is -3.92. The van der Waals surface area contributed by atoms with Crippen molar-refractivity contribution in [2.24, 2.45) is 0 Å². The third kappa shape index (κ3) is 3.36. The van der Waals surface area contributed by atoms with E-state index in [4.69, 9.17) is 9.47 Å². The number of ketones is 1. The summed E-state index contributed by atoms with van der Waals surface area (Å²) in [5.74, 6) is 0.848. The van der Waals surface area contributed by atoms with Crippen molar-refractivity contribution in [3.8, 4) is 5.75 Å². The van der Waals surface area contributed by atoms with Gasteiger partial charge in [-0.3, -0.25) is 4.79 Å². The molecule has 0 saturated heterocycles. The number of benzene rings is 3. The molecule has 0 saturated carbocycles. The van der Waals surface area contributed by atoms with E-state index < -0.39 is 5.97 Å². The van der Waals surface area contributed by atoms with Crippen LogP contribution in [0.15, 0.2) is 102 Å². The molecule has 2 aliphatic heterocycles. The minimum Gasteiger partial charge on any atom is -0.460 e. The Bertz CT molecular complexity index is 1240. The number of hydrogen-bond acceptors (Lipinski definition) is 4. The van der Waals surface area contributed by atoms with E-state index >= 15 is 0 Å². The van der Waals surface area contributed by atoms with Gasteiger partial charge in [0.1, 0.15) is 17.3 Å². The first-order chi connectivity index (χ1) is 15.1. The van der Waals surface area contributed by atoms with Crippen LogP contribution >= 0.6 is 0 Å². The minimum atomic E-state index is -0.409. The van der Waals surface area contributed by atoms with E-state index in [-0.39, 0.29) is 11.7 Å². The zero-order chi connectivity index (χ0) is 21.4. The Morgan fingerprint density at radius 1 is 0.839 bits per heavy atom. The maximum absolute atomic E-state index is 13.1. The average molecular weight is 408 g/mol. The largest absolute Gasteiger partial charge is 0.460 e. The Kier molecular flexibility index (Phi) is 4.75. The van der Waals surface area contributed by atoms with E-state index in [9.17, 15) is 9.59 Å². The second-order valence-electron chi connectivity index (χ2n) is 7.64. The molecule has 3 aromatic carbocycles. The standard InChI is InChI=1S/C27H20O4/c1-17(25(28)18-10-4-2-5-11-18)23-16-21-20-14-8-9-15-22(20)31-27(29)24(21)26(30-23)19-12-6-3-7-13-19/h2-15,21H,16H2,1H3/b23-17+/t21-/m1/s1. The van der Waals surface area contributed by atoms with Crippen LogP contribution in [0.5, 0.6) is 5.75 Å². The first-order valence-electron chi connectivity index (χ1n) is 10.2. The summed E-state index contributed by atoms with van der Waals surface area (Å²) < 4.78 is 11.9. The molecule has 2 aliphatic rings. The summed E-state index contributed by atoms with van der Waals surface area (Å²) in [5.41, 5.74) is 3.33. The van der Waals surface area contributed by atoms with Crippen LogP contribution in [0.1, 0.15) is 40.7 Å². The maximum atomic E-state index is 13.1. The van der Waals surface area contributed by atoms with Gasteiger partial charge in [-0.1, -0.05) is 78.9 Å². The van der Waals surface area contributed by atoms with E-state index in [0.717, 1.165) is 11.1 Å². The molecule has 0 fully saturated rings. The van der Waals surface area contributed by atoms with Crippen molar-refractivity contribution < 1.29 is 19.1 Å². The Morgan fingerprint density at radius 3 is 2.23 bits per heavy atom. The van der Waals surface area contributed by atoms with E-state index in [1.165, 1.54) is 0 Å². The summed E-state index contributed by atoms with van der Waals surface area (Å²) >= 11 is 0. The average Bonchev–Trinajstić information content (AvgIpc) is 2.83. The molecule has 0 unspecified atom stereocenters. The first kappa shape index (κ1) is 19.1. The van der Waals surface area contributed by atoms with Crippen LogP contribution in [0.2, 0.25) is 0 Å². The first-order valence-corrected chi connectivity index (χ1v) is 10.2. The van der Waals surface area contributed by atoms with Gasteiger partial charge in [0.15, 0.2) is 5.78 Å². The fourth-order valence-electron chi connectivity index (χ4n) is 4.15. The number of hydrogen-bond donors (Lipinski definition) is 0. The van der Waals surface area contributed by atoms with Crippen LogP contribution < -0.4 is 4.74 Å². The maximum Gasteiger partial charge on any atom is 0.343 e. The van der Waals surface area contributed by atoms with Crippen molar-refractivity contribution in [1.29, 1.82) is 0 Å². The number of ether oxygens (including phenoxy) is 2. The smallest absolute Gasteiger partial charge is 0.343 e. The highest BCUT2D eigenvalue weighted by atomic mass is 16.5. The fourth-order valence-corrected chi connectivity index (χ4v) is 4.15. The van der Waals surface area contributed by atoms with Crippen LogP contribution in [0.4, 0.5) is 0 Å². The molecule has 31 heavy (non-hydrogen) atoms. The summed E-state index contributed by atoms with van der Waals surface area (Å²) in [6.07, 6.45) is 0.419. The van der Waals surface area contributed by atoms with Gasteiger partial charge in [0.25, 0.3) is 0 Å². The Labute approximate surface area is 180 Å². The van der Waals surface area contributed by atoms with Crippen LogP contribution in [-0.4, -0.2) is 11.8 Å². The van der Waals surface area contributed by atoms with Crippen molar-refractivity contribution in [1.82, 2.24) is 0 Å². The molecule has 152 valence electrons. The predicted molar refractivity (Wildman–Crippen MR) is 117 cm³/mol. The van der Waals surface area contributed by atoms with Crippen LogP contribution in [0.25, 0.3) is 5.76 Å². The van der Waals surface area contributed by atoms with Crippen molar-refractivity contribution >= 4 is 17.5 Å². The number of fused-ring (bicyclic) bond motifs is 3. The number of para-hydroxylation sites is 1. The number of esters is 1. The summed E-state index contributed by atoms with van der Waals surface area (Å²) in [6, 6.07) is 26.2. The SMILES string of the molecule is C/C(C(=O)c1ccccc1)=C1/C[C@H]2C(=C(c3ccccc3)O1)C(=O)Oc1ccccc12. The van der Waals surface area contributed by atoms with Crippen LogP contribution in [0.3, 0.4) is 0 Å². The zero-order valence-corrected chi connectivity index (χ0v) is 17.0. The second kappa shape index (κ2) is 7.73. The molecule has 0 amide bonds. The molecule has 0 aliphatic carbocycles. The molecule has 0 radical (unpaired) electrons. The summed E-state index contributed by atoms with van der Waals surface area (Å²) in [5, 5.41) is 0. The summed E-state index contributed by atoms with van der Waals surface area (Å²) in [4.78, 5) is 26.1. The number of carbonyl (C=O) groups excluding carboxylic acids is 2. The molecular weight excluding hydrogens is 388 g/mol. The molecule has 0 aromatic heterocycles. The van der Waals surface area contributed by atoms with Crippen molar-refractivity contribution in [3.63, 3.8) is 0 Å². The van der Waals surface area contributed by atoms with Gasteiger partial charge in [-0.15, -0.1) is 0 Å².